The SMILES string of the molecule is COc1ccc(S(=O)(=O)N(CC(=O)Nc2cccc(SC)c2)C2CCCCC2)cc1Cl. The van der Waals surface area contributed by atoms with Gasteiger partial charge in [0.1, 0.15) is 5.75 Å². The number of nitrogens with one attached hydrogen (secondary N) is 1. The molecule has 0 heterocycles. The topological polar surface area (TPSA) is 75.7 Å². The van der Waals surface area contributed by atoms with Crippen LogP contribution in [0.2, 0.25) is 5.02 Å². The largest absolute Gasteiger partial charge is 0.495 e. The second kappa shape index (κ2) is 10.7. The summed E-state index contributed by atoms with van der Waals surface area (Å²) in [7, 11) is -2.45. The van der Waals surface area contributed by atoms with Crippen LogP contribution < -0.4 is 10.1 Å². The van der Waals surface area contributed by atoms with Crippen LogP contribution in [0.25, 0.3) is 0 Å². The number of ether oxygens (including phenoxy) is 1. The average Bonchev–Trinajstić information content (AvgIpc) is 2.78. The molecule has 1 aliphatic rings. The van der Waals surface area contributed by atoms with Gasteiger partial charge in [0.2, 0.25) is 15.9 Å². The fraction of sp³-hybridized carbons (Fsp3) is 0.409. The second-order valence-electron chi connectivity index (χ2n) is 7.42. The highest BCUT2D eigenvalue weighted by Crippen LogP contribution is 2.32. The van der Waals surface area contributed by atoms with Gasteiger partial charge in [-0.2, -0.15) is 4.31 Å². The average molecular weight is 483 g/mol. The van der Waals surface area contributed by atoms with Crippen LogP contribution in [0.4, 0.5) is 5.69 Å². The van der Waals surface area contributed by atoms with Crippen LogP contribution in [0.5, 0.6) is 5.75 Å². The number of hydrogen-bond acceptors (Lipinski definition) is 5. The van der Waals surface area contributed by atoms with Gasteiger partial charge in [-0.05, 0) is 55.5 Å². The summed E-state index contributed by atoms with van der Waals surface area (Å²) in [4.78, 5) is 13.9. The monoisotopic (exact) mass is 482 g/mol. The number of sulfonamides is 1. The van der Waals surface area contributed by atoms with Crippen molar-refractivity contribution in [1.29, 1.82) is 0 Å². The molecule has 0 radical (unpaired) electrons. The number of methoxy groups -OCH3 is 1. The molecule has 168 valence electrons. The molecule has 31 heavy (non-hydrogen) atoms. The number of carbonyl (C=O) groups is 1. The number of benzene rings is 2. The van der Waals surface area contributed by atoms with E-state index in [1.807, 2.05) is 24.5 Å². The van der Waals surface area contributed by atoms with Crippen LogP contribution in [0.3, 0.4) is 0 Å². The Balaban J connectivity index is 1.86. The van der Waals surface area contributed by atoms with Gasteiger partial charge in [-0.15, -0.1) is 11.8 Å². The minimum absolute atomic E-state index is 0.0565. The fourth-order valence-corrected chi connectivity index (χ4v) is 6.22. The molecule has 9 heteroatoms. The normalized spacial score (nSPS) is 15.1. The van der Waals surface area contributed by atoms with E-state index in [9.17, 15) is 13.2 Å². The molecule has 0 spiro atoms. The molecule has 0 unspecified atom stereocenters. The number of hydrogen-bond donors (Lipinski definition) is 1. The standard InChI is InChI=1S/C22H27ClN2O4S2/c1-29-21-12-11-19(14-20(21)23)31(27,28)25(17-8-4-3-5-9-17)15-22(26)24-16-7-6-10-18(13-16)30-2/h6-7,10-14,17H,3-5,8-9,15H2,1-2H3,(H,24,26). The minimum atomic E-state index is -3.92. The van der Waals surface area contributed by atoms with Crippen LogP contribution in [0.1, 0.15) is 32.1 Å². The van der Waals surface area contributed by atoms with Gasteiger partial charge in [0.25, 0.3) is 0 Å². The number of carbonyl (C=O) groups excluding carboxylic acids is 1. The first-order chi connectivity index (χ1) is 14.8. The highest BCUT2D eigenvalue weighted by molar-refractivity contribution is 7.98. The number of halogens is 1. The maximum Gasteiger partial charge on any atom is 0.243 e. The third-order valence-corrected chi connectivity index (χ3v) is 8.28. The van der Waals surface area contributed by atoms with E-state index in [0.29, 0.717) is 11.4 Å². The number of thioether (sulfide) groups is 1. The highest BCUT2D eigenvalue weighted by Gasteiger charge is 2.34. The second-order valence-corrected chi connectivity index (χ2v) is 10.6. The van der Waals surface area contributed by atoms with E-state index in [2.05, 4.69) is 5.32 Å². The lowest BCUT2D eigenvalue weighted by atomic mass is 9.95. The number of amides is 1. The summed E-state index contributed by atoms with van der Waals surface area (Å²) in [6, 6.07) is 11.6. The van der Waals surface area contributed by atoms with Gasteiger partial charge in [-0.25, -0.2) is 8.42 Å². The molecule has 0 saturated heterocycles. The van der Waals surface area contributed by atoms with E-state index < -0.39 is 10.0 Å². The summed E-state index contributed by atoms with van der Waals surface area (Å²) in [5.41, 5.74) is 0.644. The first kappa shape index (κ1) is 23.9. The van der Waals surface area contributed by atoms with Crippen molar-refractivity contribution in [2.24, 2.45) is 0 Å². The molecule has 2 aromatic rings. The van der Waals surface area contributed by atoms with Gasteiger partial charge in [0, 0.05) is 16.6 Å². The van der Waals surface area contributed by atoms with Crippen molar-refractivity contribution in [3.63, 3.8) is 0 Å². The molecule has 0 atom stereocenters. The zero-order chi connectivity index (χ0) is 22.4. The van der Waals surface area contributed by atoms with Gasteiger partial charge in [0.05, 0.1) is 23.6 Å². The van der Waals surface area contributed by atoms with Gasteiger partial charge in [0.15, 0.2) is 0 Å². The molecule has 2 aromatic carbocycles. The summed E-state index contributed by atoms with van der Waals surface area (Å²) in [6.45, 7) is -0.250. The quantitative estimate of drug-likeness (QED) is 0.534. The molecule has 1 N–H and O–H groups in total. The molecule has 0 aliphatic heterocycles. The van der Waals surface area contributed by atoms with Crippen LogP contribution in [-0.2, 0) is 14.8 Å². The molecule has 3 rings (SSSR count). The third-order valence-electron chi connectivity index (χ3n) is 5.36. The van der Waals surface area contributed by atoms with Crippen molar-refractivity contribution >= 4 is 45.0 Å². The van der Waals surface area contributed by atoms with Crippen LogP contribution in [0, 0.1) is 0 Å². The maximum absolute atomic E-state index is 13.5. The Morgan fingerprint density at radius 3 is 2.58 bits per heavy atom. The summed E-state index contributed by atoms with van der Waals surface area (Å²) in [5.74, 6) is 0.0308. The molecular weight excluding hydrogens is 456 g/mol. The van der Waals surface area contributed by atoms with E-state index in [4.69, 9.17) is 16.3 Å². The molecule has 1 saturated carbocycles. The lowest BCUT2D eigenvalue weighted by Crippen LogP contribution is -2.45. The lowest BCUT2D eigenvalue weighted by molar-refractivity contribution is -0.116. The van der Waals surface area contributed by atoms with Gasteiger partial charge < -0.3 is 10.1 Å². The Labute approximate surface area is 193 Å². The Morgan fingerprint density at radius 1 is 1.19 bits per heavy atom. The minimum Gasteiger partial charge on any atom is -0.495 e. The van der Waals surface area contributed by atoms with E-state index in [1.165, 1.54) is 29.6 Å². The van der Waals surface area contributed by atoms with Gasteiger partial charge in [-0.3, -0.25) is 4.79 Å². The summed E-state index contributed by atoms with van der Waals surface area (Å²) in [6.07, 6.45) is 6.39. The molecule has 0 aromatic heterocycles. The first-order valence-electron chi connectivity index (χ1n) is 10.1. The summed E-state index contributed by atoms with van der Waals surface area (Å²) in [5, 5.41) is 3.05. The molecule has 0 bridgehead atoms. The molecular formula is C22H27ClN2O4S2. The Kier molecular flexibility index (Phi) is 8.27. The van der Waals surface area contributed by atoms with Crippen LogP contribution >= 0.6 is 23.4 Å². The van der Waals surface area contributed by atoms with Crippen molar-refractivity contribution in [2.75, 3.05) is 25.2 Å². The smallest absolute Gasteiger partial charge is 0.243 e. The number of anilines is 1. The van der Waals surface area contributed by atoms with E-state index in [0.717, 1.165) is 37.0 Å². The molecule has 1 amide bonds. The Morgan fingerprint density at radius 2 is 1.94 bits per heavy atom. The summed E-state index contributed by atoms with van der Waals surface area (Å²) < 4.78 is 33.5. The lowest BCUT2D eigenvalue weighted by Gasteiger charge is -2.33. The number of nitrogens with zero attached hydrogens (tertiary/aromatic N) is 1. The fourth-order valence-electron chi connectivity index (χ4n) is 3.77. The maximum atomic E-state index is 13.5. The Hall–Kier alpha value is -1.74. The van der Waals surface area contributed by atoms with E-state index >= 15 is 0 Å². The van der Waals surface area contributed by atoms with E-state index in [-0.39, 0.29) is 28.4 Å². The first-order valence-corrected chi connectivity index (χ1v) is 13.2. The van der Waals surface area contributed by atoms with Gasteiger partial charge >= 0.3 is 0 Å². The summed E-state index contributed by atoms with van der Waals surface area (Å²) >= 11 is 7.75. The zero-order valence-corrected chi connectivity index (χ0v) is 20.0. The van der Waals surface area contributed by atoms with Crippen LogP contribution in [0.15, 0.2) is 52.3 Å². The zero-order valence-electron chi connectivity index (χ0n) is 17.6. The predicted octanol–water partition coefficient (Wildman–Crippen LogP) is 5.03. The number of rotatable bonds is 8. The third kappa shape index (κ3) is 5.94. The molecule has 1 fully saturated rings. The molecule has 6 nitrogen and oxygen atoms in total. The molecule has 1 aliphatic carbocycles. The van der Waals surface area contributed by atoms with Crippen molar-refractivity contribution < 1.29 is 17.9 Å². The Bertz CT molecular complexity index is 1020. The van der Waals surface area contributed by atoms with Gasteiger partial charge in [-0.1, -0.05) is 36.9 Å². The highest BCUT2D eigenvalue weighted by atomic mass is 35.5. The van der Waals surface area contributed by atoms with E-state index in [1.54, 1.807) is 17.8 Å². The van der Waals surface area contributed by atoms with Crippen LogP contribution in [-0.4, -0.2) is 44.6 Å². The predicted molar refractivity (Wildman–Crippen MR) is 126 cm³/mol. The van der Waals surface area contributed by atoms with Crippen molar-refractivity contribution in [1.82, 2.24) is 4.31 Å². The van der Waals surface area contributed by atoms with Crippen molar-refractivity contribution in [3.05, 3.63) is 47.5 Å². The van der Waals surface area contributed by atoms with Crippen molar-refractivity contribution in [2.45, 2.75) is 47.9 Å². The van der Waals surface area contributed by atoms with Crippen molar-refractivity contribution in [3.8, 4) is 5.75 Å².